The molecule has 0 fully saturated rings. The number of hydrogen-bond donors (Lipinski definition) is 0. The molecule has 9 nitrogen and oxygen atoms in total. The molecule has 0 amide bonds. The standard InChI is InChI=1S/2C43H27N3.C37H23N3/c1-44-33-21-24-38-39-27-32(20-25-42(39)46(43(38)28-33)35-13-9-12-31(26-35)29-10-3-2-4-11-29)30-18-22-34(23-19-30)45-40-16-7-5-14-36(40)37-15-6-8-17-41(37)45;1-44-33-20-26-43-39(28-33)38-27-32(19-25-42(38)46(43)35-21-15-30(16-22-35)29-9-3-2-4-10-29)31-17-23-34(24-18-31)45-40-13-7-5-11-36(40)37-12-6-8-14-41(37)45;1-38-27-18-22-37-33(24-27)32-23-26(17-21-36(32)39(37)28-9-3-2-4-10-28)25-15-19-29(20-16-25)40-34-13-7-5-11-30(34)31-12-6-8-14-35(31)40/h2*2-28H;2-24H. The molecule has 0 radical (unpaired) electrons. The first kappa shape index (κ1) is 77.3. The predicted octanol–water partition coefficient (Wildman–Crippen LogP) is 33.6. The molecule has 0 atom stereocenters. The van der Waals surface area contributed by atoms with E-state index in [1.807, 2.05) is 54.6 Å². The summed E-state index contributed by atoms with van der Waals surface area (Å²) in [5, 5.41) is 14.3. The van der Waals surface area contributed by atoms with Crippen molar-refractivity contribution in [1.82, 2.24) is 27.4 Å². The van der Waals surface area contributed by atoms with Crippen molar-refractivity contribution in [3.05, 3.63) is 501 Å². The van der Waals surface area contributed by atoms with Gasteiger partial charge in [0.2, 0.25) is 0 Å². The second-order valence-electron chi connectivity index (χ2n) is 33.6. The van der Waals surface area contributed by atoms with Gasteiger partial charge in [-0.15, -0.1) is 0 Å². The summed E-state index contributed by atoms with van der Waals surface area (Å²) in [7, 11) is 0. The molecule has 0 unspecified atom stereocenters. The fourth-order valence-corrected chi connectivity index (χ4v) is 20.1. The Balaban J connectivity index is 0.000000110. The Morgan fingerprint density at radius 3 is 0.667 bits per heavy atom. The molecule has 0 saturated carbocycles. The van der Waals surface area contributed by atoms with Gasteiger partial charge >= 0.3 is 0 Å². The van der Waals surface area contributed by atoms with Crippen LogP contribution in [0.25, 0.3) is 235 Å². The van der Waals surface area contributed by atoms with E-state index in [2.05, 4.69) is 454 Å². The third kappa shape index (κ3) is 13.2. The lowest BCUT2D eigenvalue weighted by atomic mass is 10.0. The average Bonchev–Trinajstić information content (AvgIpc) is 1.47. The lowest BCUT2D eigenvalue weighted by molar-refractivity contribution is 1.18. The van der Waals surface area contributed by atoms with Crippen molar-refractivity contribution in [2.45, 2.75) is 0 Å². The third-order valence-corrected chi connectivity index (χ3v) is 26.2. The van der Waals surface area contributed by atoms with Crippen LogP contribution in [0.4, 0.5) is 17.1 Å². The van der Waals surface area contributed by atoms with Gasteiger partial charge in [-0.3, -0.25) is 0 Å². The normalized spacial score (nSPS) is 11.5. The average molecular weight is 1680 g/mol. The predicted molar refractivity (Wildman–Crippen MR) is 551 cm³/mol. The van der Waals surface area contributed by atoms with Crippen LogP contribution >= 0.6 is 0 Å². The zero-order valence-corrected chi connectivity index (χ0v) is 71.5. The van der Waals surface area contributed by atoms with E-state index in [0.29, 0.717) is 17.1 Å². The highest BCUT2D eigenvalue weighted by molar-refractivity contribution is 6.16. The number of benzene rings is 20. The zero-order chi connectivity index (χ0) is 87.9. The van der Waals surface area contributed by atoms with Crippen LogP contribution in [0, 0.1) is 19.7 Å². The Morgan fingerprint density at radius 1 is 0.121 bits per heavy atom. The number of rotatable bonds is 11. The Labute approximate surface area is 761 Å². The fraction of sp³-hybridized carbons (Fsp3) is 0. The number of fused-ring (bicyclic) bond motifs is 18. The maximum absolute atomic E-state index is 7.69. The van der Waals surface area contributed by atoms with Gasteiger partial charge in [0, 0.05) is 93.5 Å². The molecule has 9 heteroatoms. The Hall–Kier alpha value is -18.3. The summed E-state index contributed by atoms with van der Waals surface area (Å²) in [6, 6.07) is 165. The maximum atomic E-state index is 7.69. The lowest BCUT2D eigenvalue weighted by Gasteiger charge is -2.11. The largest absolute Gasteiger partial charge is 0.310 e. The van der Waals surface area contributed by atoms with Gasteiger partial charge in [-0.2, -0.15) is 0 Å². The first-order valence-corrected chi connectivity index (χ1v) is 44.3. The molecule has 0 aliphatic heterocycles. The summed E-state index contributed by atoms with van der Waals surface area (Å²) >= 11 is 0. The monoisotopic (exact) mass is 1680 g/mol. The van der Waals surface area contributed by atoms with Gasteiger partial charge in [0.25, 0.3) is 0 Å². The van der Waals surface area contributed by atoms with Crippen LogP contribution in [0.2, 0.25) is 0 Å². The quantitative estimate of drug-likeness (QED) is 0.116. The fourth-order valence-electron chi connectivity index (χ4n) is 20.1. The first-order chi connectivity index (χ1) is 65.3. The summed E-state index contributed by atoms with van der Waals surface area (Å²) < 4.78 is 13.9. The minimum Gasteiger partial charge on any atom is -0.310 e. The third-order valence-electron chi connectivity index (χ3n) is 26.2. The highest BCUT2D eigenvalue weighted by Gasteiger charge is 2.22. The van der Waals surface area contributed by atoms with Crippen molar-refractivity contribution < 1.29 is 0 Å². The van der Waals surface area contributed by atoms with Crippen molar-refractivity contribution >= 4 is 148 Å². The van der Waals surface area contributed by atoms with Gasteiger partial charge in [-0.25, -0.2) is 14.5 Å². The van der Waals surface area contributed by atoms with Gasteiger partial charge in [-0.1, -0.05) is 291 Å². The molecule has 0 spiro atoms. The molecule has 6 aromatic heterocycles. The molecule has 132 heavy (non-hydrogen) atoms. The van der Waals surface area contributed by atoms with Gasteiger partial charge in [0.05, 0.1) is 80.4 Å². The van der Waals surface area contributed by atoms with Crippen LogP contribution in [0.15, 0.2) is 467 Å². The maximum Gasteiger partial charge on any atom is 0.189 e. The highest BCUT2D eigenvalue weighted by atomic mass is 15.0. The smallest absolute Gasteiger partial charge is 0.189 e. The molecular weight excluding hydrogens is 1600 g/mol. The molecular formula is C123H77N9. The Kier molecular flexibility index (Phi) is 18.9. The molecule has 0 N–H and O–H groups in total. The minimum atomic E-state index is 0.636. The van der Waals surface area contributed by atoms with E-state index < -0.39 is 0 Å². The van der Waals surface area contributed by atoms with Crippen LogP contribution in [0.5, 0.6) is 0 Å². The Bertz CT molecular complexity index is 9040. The highest BCUT2D eigenvalue weighted by Crippen LogP contribution is 2.45. The van der Waals surface area contributed by atoms with Crippen LogP contribution < -0.4 is 0 Å². The summed E-state index contributed by atoms with van der Waals surface area (Å²) in [6.07, 6.45) is 0. The second-order valence-corrected chi connectivity index (χ2v) is 33.6. The topological polar surface area (TPSA) is 42.7 Å². The SMILES string of the molecule is [C-]#[N+]c1ccc2c(c1)c1cc(-c3ccc(-n4c5ccccc5c5ccccc54)cc3)ccc1n2-c1ccc(-c2ccccc2)cc1.[C-]#[N+]c1ccc2c(c1)c1cc(-c3ccc(-n4c5ccccc5c5ccccc54)cc3)ccc1n2-c1ccccc1.[C-]#[N+]c1ccc2c3cc(-c4ccc(-n5c6ccccc6c6ccccc65)cc4)ccc3n(-c3cccc(-c4ccccc4)c3)c2c1. The van der Waals surface area contributed by atoms with Crippen molar-refractivity contribution in [3.8, 4) is 89.8 Å². The van der Waals surface area contributed by atoms with Crippen LogP contribution in [0.3, 0.4) is 0 Å². The van der Waals surface area contributed by atoms with Gasteiger partial charge in [-0.05, 0) is 242 Å². The molecule has 0 bridgehead atoms. The zero-order valence-electron chi connectivity index (χ0n) is 71.5. The van der Waals surface area contributed by atoms with E-state index in [1.54, 1.807) is 0 Å². The van der Waals surface area contributed by atoms with E-state index in [-0.39, 0.29) is 0 Å². The summed E-state index contributed by atoms with van der Waals surface area (Å²) in [4.78, 5) is 11.2. The van der Waals surface area contributed by atoms with E-state index in [1.165, 1.54) is 87.5 Å². The van der Waals surface area contributed by atoms with Gasteiger partial charge in [0.15, 0.2) is 17.1 Å². The summed E-state index contributed by atoms with van der Waals surface area (Å²) in [6.45, 7) is 22.9. The number of nitrogens with zero attached hydrogens (tertiary/aromatic N) is 9. The summed E-state index contributed by atoms with van der Waals surface area (Å²) in [5.41, 5.74) is 34.2. The van der Waals surface area contributed by atoms with Crippen LogP contribution in [0.1, 0.15) is 0 Å². The Morgan fingerprint density at radius 2 is 0.326 bits per heavy atom. The number of para-hydroxylation sites is 7. The van der Waals surface area contributed by atoms with Crippen LogP contribution in [-0.4, -0.2) is 27.4 Å². The van der Waals surface area contributed by atoms with Crippen LogP contribution in [-0.2, 0) is 0 Å². The molecule has 0 saturated heterocycles. The van der Waals surface area contributed by atoms with Crippen molar-refractivity contribution in [3.63, 3.8) is 0 Å². The van der Waals surface area contributed by atoms with E-state index in [4.69, 9.17) is 19.7 Å². The van der Waals surface area contributed by atoms with E-state index in [0.717, 1.165) is 133 Å². The second kappa shape index (κ2) is 32.3. The van der Waals surface area contributed by atoms with Gasteiger partial charge in [0.1, 0.15) is 0 Å². The molecule has 0 aliphatic carbocycles. The van der Waals surface area contributed by atoms with Crippen molar-refractivity contribution in [1.29, 1.82) is 0 Å². The van der Waals surface area contributed by atoms with Crippen molar-refractivity contribution in [2.24, 2.45) is 0 Å². The van der Waals surface area contributed by atoms with Crippen molar-refractivity contribution in [2.75, 3.05) is 0 Å². The lowest BCUT2D eigenvalue weighted by Crippen LogP contribution is -1.94. The molecule has 20 aromatic carbocycles. The number of aromatic nitrogens is 6. The number of hydrogen-bond acceptors (Lipinski definition) is 0. The van der Waals surface area contributed by atoms with E-state index >= 15 is 0 Å². The summed E-state index contributed by atoms with van der Waals surface area (Å²) in [5.74, 6) is 0. The van der Waals surface area contributed by atoms with Gasteiger partial charge < -0.3 is 27.4 Å². The minimum absolute atomic E-state index is 0.636. The first-order valence-electron chi connectivity index (χ1n) is 44.3. The molecule has 0 aliphatic rings. The molecule has 614 valence electrons. The molecule has 26 aromatic rings. The van der Waals surface area contributed by atoms with E-state index in [9.17, 15) is 0 Å². The molecule has 6 heterocycles. The molecule has 26 rings (SSSR count).